The third-order valence-electron chi connectivity index (χ3n) is 2.19. The van der Waals surface area contributed by atoms with Gasteiger partial charge in [0.25, 0.3) is 11.8 Å². The van der Waals surface area contributed by atoms with Crippen molar-refractivity contribution in [1.29, 1.82) is 0 Å². The Labute approximate surface area is 104 Å². The van der Waals surface area contributed by atoms with Crippen molar-refractivity contribution in [3.05, 3.63) is 12.2 Å². The minimum absolute atomic E-state index is 0.0392. The maximum absolute atomic E-state index is 11.1. The van der Waals surface area contributed by atoms with Crippen molar-refractivity contribution in [3.63, 3.8) is 0 Å². The first-order valence-electron chi connectivity index (χ1n) is 5.52. The molecule has 100 valence electrons. The minimum atomic E-state index is -0.908. The van der Waals surface area contributed by atoms with Crippen LogP contribution in [0.25, 0.3) is 0 Å². The van der Waals surface area contributed by atoms with Crippen LogP contribution in [0.2, 0.25) is 0 Å². The van der Waals surface area contributed by atoms with E-state index in [2.05, 4.69) is 0 Å². The quantitative estimate of drug-likeness (QED) is 0.439. The van der Waals surface area contributed by atoms with Crippen molar-refractivity contribution in [3.8, 4) is 0 Å². The van der Waals surface area contributed by atoms with Crippen LogP contribution >= 0.6 is 0 Å². The lowest BCUT2D eigenvalue weighted by Crippen LogP contribution is -2.33. The van der Waals surface area contributed by atoms with Crippen LogP contribution < -0.4 is 0 Å². The molecule has 0 unspecified atom stereocenters. The highest BCUT2D eigenvalue weighted by Crippen LogP contribution is 2.02. The van der Waals surface area contributed by atoms with Crippen molar-refractivity contribution in [2.45, 2.75) is 6.42 Å². The molecule has 2 amide bonds. The fourth-order valence-corrected chi connectivity index (χ4v) is 1.29. The lowest BCUT2D eigenvalue weighted by Gasteiger charge is -2.13. The number of amides is 2. The third-order valence-corrected chi connectivity index (χ3v) is 2.19. The number of carboxylic acid groups (broad SMARTS) is 1. The molecule has 1 aliphatic rings. The second-order valence-electron chi connectivity index (χ2n) is 3.53. The summed E-state index contributed by atoms with van der Waals surface area (Å²) in [4.78, 5) is 33.5. The largest absolute Gasteiger partial charge is 0.481 e. The van der Waals surface area contributed by atoms with Gasteiger partial charge in [0.15, 0.2) is 0 Å². The predicted octanol–water partition coefficient (Wildman–Crippen LogP) is -0.581. The molecule has 0 aromatic heterocycles. The number of carbonyl (C=O) groups excluding carboxylic acids is 2. The molecule has 7 heteroatoms. The topological polar surface area (TPSA) is 93.1 Å². The predicted molar refractivity (Wildman–Crippen MR) is 59.8 cm³/mol. The molecule has 1 heterocycles. The number of ether oxygens (including phenoxy) is 2. The molecule has 1 rings (SSSR count). The highest BCUT2D eigenvalue weighted by Gasteiger charge is 2.22. The molecule has 0 saturated carbocycles. The van der Waals surface area contributed by atoms with Gasteiger partial charge in [-0.05, 0) is 0 Å². The summed E-state index contributed by atoms with van der Waals surface area (Å²) >= 11 is 0. The van der Waals surface area contributed by atoms with Crippen LogP contribution in [0.1, 0.15) is 6.42 Å². The summed E-state index contributed by atoms with van der Waals surface area (Å²) in [5, 5.41) is 8.34. The smallest absolute Gasteiger partial charge is 0.305 e. The summed E-state index contributed by atoms with van der Waals surface area (Å²) < 4.78 is 10.1. The average Bonchev–Trinajstić information content (AvgIpc) is 2.63. The monoisotopic (exact) mass is 257 g/mol. The second kappa shape index (κ2) is 7.57. The molecule has 0 atom stereocenters. The van der Waals surface area contributed by atoms with E-state index in [1.165, 1.54) is 12.2 Å². The zero-order valence-electron chi connectivity index (χ0n) is 9.83. The van der Waals surface area contributed by atoms with Gasteiger partial charge in [0, 0.05) is 12.2 Å². The van der Waals surface area contributed by atoms with E-state index in [9.17, 15) is 14.4 Å². The molecule has 0 aromatic carbocycles. The van der Waals surface area contributed by atoms with Gasteiger partial charge in [-0.15, -0.1) is 0 Å². The van der Waals surface area contributed by atoms with E-state index in [0.29, 0.717) is 6.61 Å². The first-order chi connectivity index (χ1) is 8.61. The molecule has 1 aliphatic heterocycles. The van der Waals surface area contributed by atoms with Crippen LogP contribution in [0, 0.1) is 0 Å². The molecule has 0 saturated heterocycles. The number of hydrogen-bond acceptors (Lipinski definition) is 5. The van der Waals surface area contributed by atoms with Crippen LogP contribution in [0.3, 0.4) is 0 Å². The van der Waals surface area contributed by atoms with Crippen LogP contribution in [0.5, 0.6) is 0 Å². The number of imide groups is 1. The summed E-state index contributed by atoms with van der Waals surface area (Å²) in [6.07, 6.45) is 2.40. The molecular weight excluding hydrogens is 242 g/mol. The number of nitrogens with zero attached hydrogens (tertiary/aromatic N) is 1. The molecule has 0 aromatic rings. The Morgan fingerprint density at radius 1 is 1.06 bits per heavy atom. The van der Waals surface area contributed by atoms with Gasteiger partial charge < -0.3 is 14.6 Å². The molecule has 7 nitrogen and oxygen atoms in total. The first-order valence-corrected chi connectivity index (χ1v) is 5.52. The third kappa shape index (κ3) is 5.07. The Hall–Kier alpha value is -1.73. The van der Waals surface area contributed by atoms with Crippen molar-refractivity contribution in [2.75, 3.05) is 33.0 Å². The molecule has 1 N–H and O–H groups in total. The molecule has 0 spiro atoms. The van der Waals surface area contributed by atoms with Crippen molar-refractivity contribution < 1.29 is 29.0 Å². The molecule has 0 aliphatic carbocycles. The first kappa shape index (κ1) is 14.3. The van der Waals surface area contributed by atoms with Gasteiger partial charge >= 0.3 is 5.97 Å². The lowest BCUT2D eigenvalue weighted by molar-refractivity contribution is -0.138. The second-order valence-corrected chi connectivity index (χ2v) is 3.53. The highest BCUT2D eigenvalue weighted by atomic mass is 16.5. The van der Waals surface area contributed by atoms with Gasteiger partial charge in [0.05, 0.1) is 39.4 Å². The fraction of sp³-hybridized carbons (Fsp3) is 0.545. The minimum Gasteiger partial charge on any atom is -0.481 e. The van der Waals surface area contributed by atoms with E-state index < -0.39 is 5.97 Å². The van der Waals surface area contributed by atoms with Crippen molar-refractivity contribution in [1.82, 2.24) is 4.90 Å². The summed E-state index contributed by atoms with van der Waals surface area (Å²) in [6, 6.07) is 0. The van der Waals surface area contributed by atoms with Gasteiger partial charge in [0.2, 0.25) is 0 Å². The van der Waals surface area contributed by atoms with Crippen LogP contribution in [-0.2, 0) is 23.9 Å². The van der Waals surface area contributed by atoms with Crippen molar-refractivity contribution in [2.24, 2.45) is 0 Å². The van der Waals surface area contributed by atoms with E-state index in [1.807, 2.05) is 0 Å². The Kier molecular flexibility index (Phi) is 6.03. The maximum atomic E-state index is 11.1. The zero-order chi connectivity index (χ0) is 13.4. The summed E-state index contributed by atoms with van der Waals surface area (Å²) in [6.45, 7) is 1.17. The van der Waals surface area contributed by atoms with Crippen LogP contribution in [0.4, 0.5) is 0 Å². The molecule has 0 bridgehead atoms. The lowest BCUT2D eigenvalue weighted by atomic mass is 10.5. The Bertz CT molecular complexity index is 333. The van der Waals surface area contributed by atoms with E-state index in [1.54, 1.807) is 0 Å². The normalized spacial score (nSPS) is 14.6. The SMILES string of the molecule is O=C(O)CCOCCOCCN1C(=O)C=CC1=O. The highest BCUT2D eigenvalue weighted by molar-refractivity contribution is 6.12. The van der Waals surface area contributed by atoms with Crippen LogP contribution in [0.15, 0.2) is 12.2 Å². The number of carboxylic acids is 1. The van der Waals surface area contributed by atoms with Gasteiger partial charge in [-0.25, -0.2) is 0 Å². The molecular formula is C11H15NO6. The number of aliphatic carboxylic acids is 1. The summed E-state index contributed by atoms with van der Waals surface area (Å²) in [5.41, 5.74) is 0. The van der Waals surface area contributed by atoms with E-state index >= 15 is 0 Å². The van der Waals surface area contributed by atoms with Gasteiger partial charge in [-0.1, -0.05) is 0 Å². The van der Waals surface area contributed by atoms with E-state index in [0.717, 1.165) is 4.90 Å². The van der Waals surface area contributed by atoms with Crippen molar-refractivity contribution >= 4 is 17.8 Å². The molecule has 0 fully saturated rings. The fourth-order valence-electron chi connectivity index (χ4n) is 1.29. The van der Waals surface area contributed by atoms with E-state index in [4.69, 9.17) is 14.6 Å². The number of hydrogen-bond donors (Lipinski definition) is 1. The maximum Gasteiger partial charge on any atom is 0.305 e. The van der Waals surface area contributed by atoms with Crippen LogP contribution in [-0.4, -0.2) is 60.8 Å². The van der Waals surface area contributed by atoms with Gasteiger partial charge in [0.1, 0.15) is 0 Å². The van der Waals surface area contributed by atoms with E-state index in [-0.39, 0.29) is 44.6 Å². The average molecular weight is 257 g/mol. The summed E-state index contributed by atoms with van der Waals surface area (Å²) in [7, 11) is 0. The standard InChI is InChI=1S/C11H15NO6/c13-9-1-2-10(14)12(9)4-6-18-8-7-17-5-3-11(15)16/h1-2H,3-8H2,(H,15,16). The zero-order valence-corrected chi connectivity index (χ0v) is 9.83. The Morgan fingerprint density at radius 2 is 1.61 bits per heavy atom. The number of rotatable bonds is 9. The van der Waals surface area contributed by atoms with Gasteiger partial charge in [-0.2, -0.15) is 0 Å². The molecule has 0 radical (unpaired) electrons. The Balaban J connectivity index is 1.94. The van der Waals surface area contributed by atoms with Gasteiger partial charge in [-0.3, -0.25) is 19.3 Å². The molecule has 18 heavy (non-hydrogen) atoms. The summed E-state index contributed by atoms with van der Waals surface area (Å²) in [5.74, 6) is -1.57. The number of carbonyl (C=O) groups is 3. The Morgan fingerprint density at radius 3 is 2.17 bits per heavy atom.